The number of nitrogens with one attached hydrogen (secondary N) is 1. The first-order chi connectivity index (χ1) is 13.1. The lowest BCUT2D eigenvalue weighted by Gasteiger charge is -2.33. The number of nitrogens with zero attached hydrogens (tertiary/aromatic N) is 6. The normalized spacial score (nSPS) is 17.7. The van der Waals surface area contributed by atoms with Crippen LogP contribution in [0.25, 0.3) is 11.0 Å². The van der Waals surface area contributed by atoms with Crippen LogP contribution in [0.2, 0.25) is 0 Å². The smallest absolute Gasteiger partial charge is 0.253 e. The summed E-state index contributed by atoms with van der Waals surface area (Å²) in [5, 5.41) is 10.7. The molecule has 1 saturated heterocycles. The number of likely N-dealkylation sites (tertiary alicyclic amines) is 1. The van der Waals surface area contributed by atoms with Gasteiger partial charge in [-0.3, -0.25) is 4.79 Å². The molecule has 4 rings (SSSR count). The van der Waals surface area contributed by atoms with Gasteiger partial charge in [0.05, 0.1) is 0 Å². The van der Waals surface area contributed by atoms with Gasteiger partial charge in [0, 0.05) is 50.1 Å². The molecule has 8 nitrogen and oxygen atoms in total. The predicted molar refractivity (Wildman–Crippen MR) is 103 cm³/mol. The monoisotopic (exact) mass is 367 g/mol. The van der Waals surface area contributed by atoms with Gasteiger partial charge >= 0.3 is 0 Å². The second-order valence-electron chi connectivity index (χ2n) is 7.40. The number of benzene rings is 1. The SMILES string of the molecule is CN(C)CCn1ccnc1[C@@H]1CCCN(C(=O)c2ccc3n[nH]nc3c2)C1. The largest absolute Gasteiger partial charge is 0.338 e. The van der Waals surface area contributed by atoms with Crippen molar-refractivity contribution in [2.75, 3.05) is 33.7 Å². The number of rotatable bonds is 5. The van der Waals surface area contributed by atoms with E-state index in [4.69, 9.17) is 0 Å². The molecule has 1 amide bonds. The summed E-state index contributed by atoms with van der Waals surface area (Å²) in [4.78, 5) is 21.7. The molecule has 3 aromatic rings. The quantitative estimate of drug-likeness (QED) is 0.743. The van der Waals surface area contributed by atoms with Gasteiger partial charge in [-0.1, -0.05) is 0 Å². The Hall–Kier alpha value is -2.74. The number of piperidine rings is 1. The topological polar surface area (TPSA) is 82.9 Å². The lowest BCUT2D eigenvalue weighted by Crippen LogP contribution is -2.39. The second kappa shape index (κ2) is 7.48. The maximum absolute atomic E-state index is 13.0. The third kappa shape index (κ3) is 3.71. The highest BCUT2D eigenvalue weighted by atomic mass is 16.2. The standard InChI is InChI=1S/C19H25N7O/c1-24(2)10-11-25-9-7-20-18(25)15-4-3-8-26(13-15)19(27)14-5-6-16-17(12-14)22-23-21-16/h5-7,9,12,15H,3-4,8,10-11,13H2,1-2H3,(H,21,22,23)/t15-/m1/s1. The average Bonchev–Trinajstić information content (AvgIpc) is 3.34. The van der Waals surface area contributed by atoms with E-state index in [2.05, 4.69) is 44.0 Å². The first kappa shape index (κ1) is 17.7. The molecule has 1 aromatic carbocycles. The summed E-state index contributed by atoms with van der Waals surface area (Å²) in [6.45, 7) is 3.37. The van der Waals surface area contributed by atoms with Gasteiger partial charge < -0.3 is 14.4 Å². The molecule has 0 saturated carbocycles. The van der Waals surface area contributed by atoms with E-state index in [1.807, 2.05) is 35.5 Å². The van der Waals surface area contributed by atoms with Crippen molar-refractivity contribution in [3.8, 4) is 0 Å². The van der Waals surface area contributed by atoms with Crippen molar-refractivity contribution in [1.29, 1.82) is 0 Å². The first-order valence-corrected chi connectivity index (χ1v) is 9.37. The molecule has 1 aliphatic rings. The van der Waals surface area contributed by atoms with Crippen LogP contribution in [-0.2, 0) is 6.54 Å². The zero-order valence-corrected chi connectivity index (χ0v) is 15.8. The Balaban J connectivity index is 1.49. The van der Waals surface area contributed by atoms with Crippen LogP contribution in [-0.4, -0.2) is 74.4 Å². The maximum Gasteiger partial charge on any atom is 0.253 e. The average molecular weight is 367 g/mol. The summed E-state index contributed by atoms with van der Waals surface area (Å²) in [6.07, 6.45) is 5.95. The molecule has 0 radical (unpaired) electrons. The number of carbonyl (C=O) groups excluding carboxylic acids is 1. The van der Waals surface area contributed by atoms with Crippen LogP contribution in [0.1, 0.15) is 34.9 Å². The summed E-state index contributed by atoms with van der Waals surface area (Å²) < 4.78 is 2.22. The fourth-order valence-electron chi connectivity index (χ4n) is 3.71. The van der Waals surface area contributed by atoms with Crippen molar-refractivity contribution in [3.05, 3.63) is 42.0 Å². The van der Waals surface area contributed by atoms with Gasteiger partial charge in [0.15, 0.2) is 0 Å². The number of likely N-dealkylation sites (N-methyl/N-ethyl adjacent to an activating group) is 1. The van der Waals surface area contributed by atoms with E-state index in [1.54, 1.807) is 0 Å². The summed E-state index contributed by atoms with van der Waals surface area (Å²) in [5.74, 6) is 1.41. The van der Waals surface area contributed by atoms with E-state index in [0.717, 1.165) is 43.8 Å². The molecule has 27 heavy (non-hydrogen) atoms. The van der Waals surface area contributed by atoms with Crippen LogP contribution >= 0.6 is 0 Å². The molecule has 3 heterocycles. The van der Waals surface area contributed by atoms with E-state index in [1.165, 1.54) is 0 Å². The minimum atomic E-state index is 0.0518. The number of amides is 1. The number of aromatic amines is 1. The first-order valence-electron chi connectivity index (χ1n) is 9.37. The van der Waals surface area contributed by atoms with Gasteiger partial charge in [0.25, 0.3) is 5.91 Å². The van der Waals surface area contributed by atoms with Gasteiger partial charge in [-0.15, -0.1) is 0 Å². The molecule has 1 fully saturated rings. The lowest BCUT2D eigenvalue weighted by atomic mass is 9.96. The van der Waals surface area contributed by atoms with Gasteiger partial charge in [-0.05, 0) is 45.1 Å². The minimum Gasteiger partial charge on any atom is -0.338 e. The van der Waals surface area contributed by atoms with Crippen LogP contribution in [0, 0.1) is 0 Å². The van der Waals surface area contributed by atoms with Crippen molar-refractivity contribution in [1.82, 2.24) is 34.8 Å². The van der Waals surface area contributed by atoms with Gasteiger partial charge in [-0.2, -0.15) is 15.4 Å². The highest BCUT2D eigenvalue weighted by molar-refractivity contribution is 5.97. The summed E-state index contributed by atoms with van der Waals surface area (Å²) >= 11 is 0. The predicted octanol–water partition coefficient (Wildman–Crippen LogP) is 1.74. The van der Waals surface area contributed by atoms with Gasteiger partial charge in [0.2, 0.25) is 0 Å². The van der Waals surface area contributed by atoms with Crippen molar-refractivity contribution in [2.45, 2.75) is 25.3 Å². The molecule has 0 spiro atoms. The molecule has 142 valence electrons. The van der Waals surface area contributed by atoms with E-state index in [-0.39, 0.29) is 11.8 Å². The molecule has 1 aliphatic heterocycles. The van der Waals surface area contributed by atoms with Crippen LogP contribution in [0.4, 0.5) is 0 Å². The Kier molecular flexibility index (Phi) is 4.89. The Morgan fingerprint density at radius 3 is 3.00 bits per heavy atom. The number of H-pyrrole nitrogens is 1. The molecular formula is C19H25N7O. The zero-order valence-electron chi connectivity index (χ0n) is 15.8. The molecule has 1 N–H and O–H groups in total. The Morgan fingerprint density at radius 1 is 1.30 bits per heavy atom. The molecule has 0 unspecified atom stereocenters. The number of aromatic nitrogens is 5. The summed E-state index contributed by atoms with van der Waals surface area (Å²) in [7, 11) is 4.15. The number of hydrogen-bond acceptors (Lipinski definition) is 5. The van der Waals surface area contributed by atoms with E-state index < -0.39 is 0 Å². The third-order valence-corrected chi connectivity index (χ3v) is 5.17. The summed E-state index contributed by atoms with van der Waals surface area (Å²) in [6, 6.07) is 5.47. The van der Waals surface area contributed by atoms with Crippen molar-refractivity contribution in [3.63, 3.8) is 0 Å². The third-order valence-electron chi connectivity index (χ3n) is 5.17. The summed E-state index contributed by atoms with van der Waals surface area (Å²) in [5.41, 5.74) is 2.15. The molecule has 1 atom stereocenters. The highest BCUT2D eigenvalue weighted by Gasteiger charge is 2.28. The number of hydrogen-bond donors (Lipinski definition) is 1. The molecule has 2 aromatic heterocycles. The fourth-order valence-corrected chi connectivity index (χ4v) is 3.71. The van der Waals surface area contributed by atoms with Crippen molar-refractivity contribution >= 4 is 16.9 Å². The molecule has 0 bridgehead atoms. The lowest BCUT2D eigenvalue weighted by molar-refractivity contribution is 0.0703. The van der Waals surface area contributed by atoms with Gasteiger partial charge in [0.1, 0.15) is 16.9 Å². The number of carbonyl (C=O) groups is 1. The van der Waals surface area contributed by atoms with Crippen LogP contribution in [0.5, 0.6) is 0 Å². The van der Waals surface area contributed by atoms with Crippen molar-refractivity contribution in [2.24, 2.45) is 0 Å². The number of imidazole rings is 1. The zero-order chi connectivity index (χ0) is 18.8. The second-order valence-corrected chi connectivity index (χ2v) is 7.40. The van der Waals surface area contributed by atoms with E-state index in [0.29, 0.717) is 17.6 Å². The minimum absolute atomic E-state index is 0.0518. The Bertz CT molecular complexity index is 929. The van der Waals surface area contributed by atoms with Gasteiger partial charge in [-0.25, -0.2) is 4.98 Å². The van der Waals surface area contributed by atoms with Crippen LogP contribution in [0.15, 0.2) is 30.6 Å². The molecule has 0 aliphatic carbocycles. The van der Waals surface area contributed by atoms with Crippen LogP contribution < -0.4 is 0 Å². The maximum atomic E-state index is 13.0. The Labute approximate surface area is 158 Å². The molecule has 8 heteroatoms. The van der Waals surface area contributed by atoms with E-state index >= 15 is 0 Å². The highest BCUT2D eigenvalue weighted by Crippen LogP contribution is 2.27. The van der Waals surface area contributed by atoms with Crippen molar-refractivity contribution < 1.29 is 4.79 Å². The van der Waals surface area contributed by atoms with E-state index in [9.17, 15) is 4.79 Å². The number of fused-ring (bicyclic) bond motifs is 1. The Morgan fingerprint density at radius 2 is 2.15 bits per heavy atom. The fraction of sp³-hybridized carbons (Fsp3) is 0.474. The molecular weight excluding hydrogens is 342 g/mol. The van der Waals surface area contributed by atoms with Crippen LogP contribution in [0.3, 0.4) is 0 Å².